The Balaban J connectivity index is 1.61. The third kappa shape index (κ3) is 3.01. The average Bonchev–Trinajstić information content (AvgIpc) is 3.17. The fraction of sp³-hybridized carbons (Fsp3) is 0.500. The second-order valence-electron chi connectivity index (χ2n) is 6.77. The molecule has 2 heterocycles. The zero-order chi connectivity index (χ0) is 18.5. The number of halogens is 3. The lowest BCUT2D eigenvalue weighted by atomic mass is 9.97. The standard InChI is InChI=1S/C16H17F3N4O2S/c17-6-10-7-23(26(24,25)14-4-3-11(18)5-13(14)19)8-12(10)16-20-15(21-22-16)9-1-2-9/h3-5,9-10,12H,1-2,6-8H2,(H,20,21,22)/t10-,12-/m1/s1. The van der Waals surface area contributed by atoms with E-state index < -0.39 is 45.1 Å². The van der Waals surface area contributed by atoms with Crippen LogP contribution in [-0.2, 0) is 10.0 Å². The van der Waals surface area contributed by atoms with Crippen molar-refractivity contribution in [2.24, 2.45) is 5.92 Å². The molecule has 2 fully saturated rings. The van der Waals surface area contributed by atoms with Crippen LogP contribution in [0.1, 0.15) is 36.3 Å². The Labute approximate surface area is 148 Å². The second kappa shape index (κ2) is 6.34. The zero-order valence-electron chi connectivity index (χ0n) is 13.7. The van der Waals surface area contributed by atoms with Gasteiger partial charge in [0.25, 0.3) is 0 Å². The lowest BCUT2D eigenvalue weighted by molar-refractivity contribution is 0.345. The molecule has 2 atom stereocenters. The molecule has 2 aromatic rings. The van der Waals surface area contributed by atoms with Gasteiger partial charge in [-0.25, -0.2) is 22.2 Å². The molecule has 1 aromatic carbocycles. The van der Waals surface area contributed by atoms with E-state index in [1.807, 2.05) is 0 Å². The molecular weight excluding hydrogens is 369 g/mol. The predicted molar refractivity (Wildman–Crippen MR) is 85.7 cm³/mol. The van der Waals surface area contributed by atoms with Gasteiger partial charge < -0.3 is 0 Å². The van der Waals surface area contributed by atoms with Gasteiger partial charge in [0, 0.05) is 36.9 Å². The molecule has 0 spiro atoms. The van der Waals surface area contributed by atoms with E-state index in [-0.39, 0.29) is 13.1 Å². The van der Waals surface area contributed by atoms with E-state index >= 15 is 0 Å². The van der Waals surface area contributed by atoms with Crippen LogP contribution in [0.2, 0.25) is 0 Å². The fourth-order valence-corrected chi connectivity index (χ4v) is 4.86. The zero-order valence-corrected chi connectivity index (χ0v) is 14.5. The fourth-order valence-electron chi connectivity index (χ4n) is 3.30. The Hall–Kier alpha value is -1.94. The number of aromatic amines is 1. The summed E-state index contributed by atoms with van der Waals surface area (Å²) in [6, 6.07) is 2.29. The smallest absolute Gasteiger partial charge is 0.246 e. The summed E-state index contributed by atoms with van der Waals surface area (Å²) in [6.07, 6.45) is 2.03. The molecule has 1 aromatic heterocycles. The molecule has 0 amide bonds. The first-order valence-electron chi connectivity index (χ1n) is 8.33. The molecule has 6 nitrogen and oxygen atoms in total. The highest BCUT2D eigenvalue weighted by Gasteiger charge is 2.43. The van der Waals surface area contributed by atoms with Crippen molar-refractivity contribution in [3.63, 3.8) is 0 Å². The van der Waals surface area contributed by atoms with Crippen LogP contribution in [-0.4, -0.2) is 47.7 Å². The van der Waals surface area contributed by atoms with Crippen LogP contribution < -0.4 is 0 Å². The Morgan fingerprint density at radius 1 is 1.23 bits per heavy atom. The first-order valence-corrected chi connectivity index (χ1v) is 9.77. The number of hydrogen-bond acceptors (Lipinski definition) is 4. The topological polar surface area (TPSA) is 79.0 Å². The third-order valence-corrected chi connectivity index (χ3v) is 6.80. The van der Waals surface area contributed by atoms with Gasteiger partial charge in [0.2, 0.25) is 10.0 Å². The first kappa shape index (κ1) is 17.5. The van der Waals surface area contributed by atoms with Gasteiger partial charge >= 0.3 is 0 Å². The van der Waals surface area contributed by atoms with Gasteiger partial charge in [-0.2, -0.15) is 9.40 Å². The Morgan fingerprint density at radius 2 is 2.00 bits per heavy atom. The first-order chi connectivity index (χ1) is 12.4. The number of hydrogen-bond donors (Lipinski definition) is 1. The van der Waals surface area contributed by atoms with Gasteiger partial charge in [0.15, 0.2) is 5.82 Å². The van der Waals surface area contributed by atoms with E-state index in [4.69, 9.17) is 0 Å². The molecule has 0 unspecified atom stereocenters. The summed E-state index contributed by atoms with van der Waals surface area (Å²) < 4.78 is 67.0. The minimum absolute atomic E-state index is 0.0347. The van der Waals surface area contributed by atoms with Crippen LogP contribution in [0.4, 0.5) is 13.2 Å². The SMILES string of the molecule is O=S(=O)(c1ccc(F)cc1F)N1C[C@@H](CF)[C@H](c2nc(C3CC3)n[nH]2)C1. The highest BCUT2D eigenvalue weighted by molar-refractivity contribution is 7.89. The molecule has 0 radical (unpaired) electrons. The molecule has 140 valence electrons. The number of benzene rings is 1. The number of nitrogens with one attached hydrogen (secondary N) is 1. The van der Waals surface area contributed by atoms with E-state index in [9.17, 15) is 21.6 Å². The summed E-state index contributed by atoms with van der Waals surface area (Å²) in [5.74, 6) is -1.68. The predicted octanol–water partition coefficient (Wildman–Crippen LogP) is 2.33. The molecule has 1 N–H and O–H groups in total. The highest BCUT2D eigenvalue weighted by atomic mass is 32.2. The number of rotatable bonds is 5. The second-order valence-corrected chi connectivity index (χ2v) is 8.68. The van der Waals surface area contributed by atoms with Crippen molar-refractivity contribution < 1.29 is 21.6 Å². The van der Waals surface area contributed by atoms with E-state index in [0.717, 1.165) is 29.3 Å². The maximum Gasteiger partial charge on any atom is 0.246 e. The van der Waals surface area contributed by atoms with Gasteiger partial charge in [0.1, 0.15) is 22.4 Å². The molecule has 26 heavy (non-hydrogen) atoms. The van der Waals surface area contributed by atoms with Gasteiger partial charge in [-0.1, -0.05) is 0 Å². The summed E-state index contributed by atoms with van der Waals surface area (Å²) in [4.78, 5) is 3.78. The molecule has 1 aliphatic carbocycles. The monoisotopic (exact) mass is 386 g/mol. The highest BCUT2D eigenvalue weighted by Crippen LogP contribution is 2.40. The number of aromatic nitrogens is 3. The minimum Gasteiger partial charge on any atom is -0.263 e. The molecule has 1 aliphatic heterocycles. The summed E-state index contributed by atoms with van der Waals surface area (Å²) in [5.41, 5.74) is 0. The van der Waals surface area contributed by atoms with Gasteiger partial charge in [0.05, 0.1) is 6.67 Å². The lowest BCUT2D eigenvalue weighted by Gasteiger charge is -2.16. The Bertz CT molecular complexity index is 929. The van der Waals surface area contributed by atoms with Crippen LogP contribution >= 0.6 is 0 Å². The van der Waals surface area contributed by atoms with E-state index in [0.29, 0.717) is 23.6 Å². The summed E-state index contributed by atoms with van der Waals surface area (Å²) >= 11 is 0. The third-order valence-electron chi connectivity index (χ3n) is 4.93. The van der Waals surface area contributed by atoms with Crippen molar-refractivity contribution in [2.45, 2.75) is 29.6 Å². The number of H-pyrrole nitrogens is 1. The minimum atomic E-state index is -4.20. The average molecular weight is 386 g/mol. The van der Waals surface area contributed by atoms with E-state index in [1.54, 1.807) is 0 Å². The van der Waals surface area contributed by atoms with Crippen molar-refractivity contribution in [1.82, 2.24) is 19.5 Å². The number of alkyl halides is 1. The number of nitrogens with zero attached hydrogens (tertiary/aromatic N) is 3. The molecule has 1 saturated heterocycles. The summed E-state index contributed by atoms with van der Waals surface area (Å²) in [6.45, 7) is -0.866. The molecule has 1 saturated carbocycles. The molecule has 2 aliphatic rings. The van der Waals surface area contributed by atoms with Crippen LogP contribution in [0.5, 0.6) is 0 Å². The van der Waals surface area contributed by atoms with Crippen LogP contribution in [0.3, 0.4) is 0 Å². The van der Waals surface area contributed by atoms with Gasteiger partial charge in [-0.3, -0.25) is 9.49 Å². The van der Waals surface area contributed by atoms with Gasteiger partial charge in [-0.05, 0) is 25.0 Å². The van der Waals surface area contributed by atoms with Crippen molar-refractivity contribution in [1.29, 1.82) is 0 Å². The maximum absolute atomic E-state index is 13.9. The largest absolute Gasteiger partial charge is 0.263 e. The molecule has 0 bridgehead atoms. The van der Waals surface area contributed by atoms with Gasteiger partial charge in [-0.15, -0.1) is 0 Å². The van der Waals surface area contributed by atoms with Crippen LogP contribution in [0.25, 0.3) is 0 Å². The maximum atomic E-state index is 13.9. The normalized spacial score (nSPS) is 24.3. The Kier molecular flexibility index (Phi) is 4.26. The van der Waals surface area contributed by atoms with Crippen molar-refractivity contribution in [2.75, 3.05) is 19.8 Å². The van der Waals surface area contributed by atoms with Crippen molar-refractivity contribution in [3.8, 4) is 0 Å². The van der Waals surface area contributed by atoms with E-state index in [1.165, 1.54) is 0 Å². The van der Waals surface area contributed by atoms with Crippen molar-refractivity contribution >= 4 is 10.0 Å². The quantitative estimate of drug-likeness (QED) is 0.856. The Morgan fingerprint density at radius 3 is 2.65 bits per heavy atom. The molecule has 4 rings (SSSR count). The number of sulfonamides is 1. The summed E-state index contributed by atoms with van der Waals surface area (Å²) in [7, 11) is -4.20. The molecular formula is C16H17F3N4O2S. The van der Waals surface area contributed by atoms with Crippen molar-refractivity contribution in [3.05, 3.63) is 41.5 Å². The lowest BCUT2D eigenvalue weighted by Crippen LogP contribution is -2.30. The van der Waals surface area contributed by atoms with Crippen LogP contribution in [0, 0.1) is 17.6 Å². The van der Waals surface area contributed by atoms with Crippen LogP contribution in [0.15, 0.2) is 23.1 Å². The molecule has 10 heteroatoms. The van der Waals surface area contributed by atoms with E-state index in [2.05, 4.69) is 15.2 Å². The summed E-state index contributed by atoms with van der Waals surface area (Å²) in [5, 5.41) is 6.92.